The summed E-state index contributed by atoms with van der Waals surface area (Å²) in [5, 5.41) is 19.9. The molecule has 1 aliphatic heterocycles. The van der Waals surface area contributed by atoms with Crippen molar-refractivity contribution in [3.05, 3.63) is 46.6 Å². The molecule has 1 aromatic carbocycles. The summed E-state index contributed by atoms with van der Waals surface area (Å²) in [6.45, 7) is 4.87. The minimum absolute atomic E-state index is 0.0683. The summed E-state index contributed by atoms with van der Waals surface area (Å²) < 4.78 is 3.53. The number of aromatic hydroxyl groups is 1. The molecule has 8 heteroatoms. The highest BCUT2D eigenvalue weighted by atomic mass is 16.3. The van der Waals surface area contributed by atoms with Gasteiger partial charge < -0.3 is 15.0 Å². The lowest BCUT2D eigenvalue weighted by Crippen LogP contribution is -2.39. The zero-order chi connectivity index (χ0) is 21.0. The first kappa shape index (κ1) is 18.7. The highest BCUT2D eigenvalue weighted by Crippen LogP contribution is 2.35. The highest BCUT2D eigenvalue weighted by Gasteiger charge is 2.22. The highest BCUT2D eigenvalue weighted by molar-refractivity contribution is 5.90. The second-order valence-corrected chi connectivity index (χ2v) is 8.19. The Labute approximate surface area is 173 Å². The molecule has 1 fully saturated rings. The first-order valence-corrected chi connectivity index (χ1v) is 10.2. The van der Waals surface area contributed by atoms with Crippen LogP contribution < -0.4 is 10.9 Å². The van der Waals surface area contributed by atoms with Gasteiger partial charge in [-0.05, 0) is 45.4 Å². The van der Waals surface area contributed by atoms with Crippen molar-refractivity contribution in [1.29, 1.82) is 0 Å². The van der Waals surface area contributed by atoms with Crippen molar-refractivity contribution in [2.75, 3.05) is 6.54 Å². The largest absolute Gasteiger partial charge is 0.507 e. The van der Waals surface area contributed by atoms with Crippen molar-refractivity contribution in [3.63, 3.8) is 0 Å². The predicted molar refractivity (Wildman–Crippen MR) is 116 cm³/mol. The van der Waals surface area contributed by atoms with Crippen LogP contribution in [0.15, 0.2) is 35.5 Å². The van der Waals surface area contributed by atoms with Crippen LogP contribution in [0.3, 0.4) is 0 Å². The molecule has 2 N–H and O–H groups in total. The van der Waals surface area contributed by atoms with Gasteiger partial charge in [0.2, 0.25) is 0 Å². The quantitative estimate of drug-likeness (QED) is 0.533. The van der Waals surface area contributed by atoms with Crippen LogP contribution in [0.2, 0.25) is 0 Å². The standard InChI is InChI=1S/C22H24N6O2/c1-12-8-15(4-6-23-12)28-7-5-18-17(22(28)30)10-24-21(25-18)16-9-14-11-27(3)26-19(14)13(2)20(16)29/h5,7,9-12,15,23,29H,4,6,8H2,1-3H3/t12-,15-/m0/s1. The summed E-state index contributed by atoms with van der Waals surface area (Å²) >= 11 is 0. The number of hydrogen-bond acceptors (Lipinski definition) is 6. The second-order valence-electron chi connectivity index (χ2n) is 8.19. The predicted octanol–water partition coefficient (Wildman–Crippen LogP) is 2.67. The van der Waals surface area contributed by atoms with Crippen molar-refractivity contribution in [2.45, 2.75) is 38.8 Å². The zero-order valence-corrected chi connectivity index (χ0v) is 17.3. The monoisotopic (exact) mass is 404 g/mol. The van der Waals surface area contributed by atoms with Crippen LogP contribution in [0.4, 0.5) is 0 Å². The Morgan fingerprint density at radius 3 is 2.97 bits per heavy atom. The second kappa shape index (κ2) is 6.91. The average molecular weight is 404 g/mol. The third-order valence-corrected chi connectivity index (χ3v) is 6.03. The van der Waals surface area contributed by atoms with Crippen molar-refractivity contribution in [2.24, 2.45) is 7.05 Å². The zero-order valence-electron chi connectivity index (χ0n) is 17.3. The molecule has 0 amide bonds. The lowest BCUT2D eigenvalue weighted by molar-refractivity contribution is 0.309. The van der Waals surface area contributed by atoms with Gasteiger partial charge in [0, 0.05) is 48.7 Å². The van der Waals surface area contributed by atoms with E-state index in [1.165, 1.54) is 0 Å². The van der Waals surface area contributed by atoms with E-state index in [1.807, 2.05) is 43.1 Å². The lowest BCUT2D eigenvalue weighted by Gasteiger charge is -2.29. The first-order valence-electron chi connectivity index (χ1n) is 10.2. The van der Waals surface area contributed by atoms with Gasteiger partial charge in [0.15, 0.2) is 5.82 Å². The van der Waals surface area contributed by atoms with E-state index in [-0.39, 0.29) is 17.4 Å². The van der Waals surface area contributed by atoms with Crippen LogP contribution in [0.1, 0.15) is 31.4 Å². The molecule has 4 aromatic rings. The smallest absolute Gasteiger partial charge is 0.261 e. The number of rotatable bonds is 2. The number of aryl methyl sites for hydroxylation is 2. The fourth-order valence-corrected chi connectivity index (χ4v) is 4.43. The molecule has 5 rings (SSSR count). The van der Waals surface area contributed by atoms with Crippen molar-refractivity contribution in [3.8, 4) is 17.1 Å². The molecule has 4 heterocycles. The number of nitrogens with zero attached hydrogens (tertiary/aromatic N) is 5. The number of fused-ring (bicyclic) bond motifs is 2. The van der Waals surface area contributed by atoms with E-state index in [2.05, 4.69) is 27.3 Å². The minimum atomic E-state index is -0.0683. The number of piperidine rings is 1. The van der Waals surface area contributed by atoms with Gasteiger partial charge in [0.05, 0.1) is 22.0 Å². The molecule has 8 nitrogen and oxygen atoms in total. The lowest BCUT2D eigenvalue weighted by atomic mass is 10.00. The van der Waals surface area contributed by atoms with Gasteiger partial charge in [-0.2, -0.15) is 5.10 Å². The summed E-state index contributed by atoms with van der Waals surface area (Å²) in [6.07, 6.45) is 7.14. The van der Waals surface area contributed by atoms with Crippen molar-refractivity contribution < 1.29 is 5.11 Å². The van der Waals surface area contributed by atoms with E-state index >= 15 is 0 Å². The van der Waals surface area contributed by atoms with Gasteiger partial charge in [0.25, 0.3) is 5.56 Å². The van der Waals surface area contributed by atoms with Crippen LogP contribution in [0.5, 0.6) is 5.75 Å². The number of pyridine rings is 1. The maximum atomic E-state index is 13.1. The number of aromatic nitrogens is 5. The Morgan fingerprint density at radius 2 is 2.17 bits per heavy atom. The molecule has 0 aliphatic carbocycles. The Morgan fingerprint density at radius 1 is 1.33 bits per heavy atom. The van der Waals surface area contributed by atoms with E-state index in [0.717, 1.165) is 30.3 Å². The molecule has 3 aromatic heterocycles. The Hall–Kier alpha value is -3.26. The number of nitrogens with one attached hydrogen (secondary N) is 1. The average Bonchev–Trinajstić information content (AvgIpc) is 3.11. The van der Waals surface area contributed by atoms with Gasteiger partial charge in [-0.3, -0.25) is 9.48 Å². The van der Waals surface area contributed by atoms with Gasteiger partial charge in [0.1, 0.15) is 5.75 Å². The molecular weight excluding hydrogens is 380 g/mol. The van der Waals surface area contributed by atoms with Gasteiger partial charge >= 0.3 is 0 Å². The van der Waals surface area contributed by atoms with Crippen LogP contribution in [0, 0.1) is 6.92 Å². The van der Waals surface area contributed by atoms with E-state index < -0.39 is 0 Å². The first-order chi connectivity index (χ1) is 14.4. The van der Waals surface area contributed by atoms with E-state index in [9.17, 15) is 9.90 Å². The molecule has 2 atom stereocenters. The van der Waals surface area contributed by atoms with Crippen LogP contribution in [-0.4, -0.2) is 42.0 Å². The van der Waals surface area contributed by atoms with Crippen molar-refractivity contribution >= 4 is 21.8 Å². The fraction of sp³-hybridized carbons (Fsp3) is 0.364. The third-order valence-electron chi connectivity index (χ3n) is 6.03. The third kappa shape index (κ3) is 2.95. The summed E-state index contributed by atoms with van der Waals surface area (Å²) in [7, 11) is 1.84. The molecule has 0 bridgehead atoms. The van der Waals surface area contributed by atoms with Gasteiger partial charge in [-0.15, -0.1) is 0 Å². The van der Waals surface area contributed by atoms with E-state index in [1.54, 1.807) is 10.9 Å². The SMILES string of the molecule is Cc1c(O)c(-c2ncc3c(=O)n([C@H]4CCN[C@@H](C)C4)ccc3n2)cc2cn(C)nc12. The molecule has 0 unspecified atom stereocenters. The van der Waals surface area contributed by atoms with Crippen LogP contribution >= 0.6 is 0 Å². The van der Waals surface area contributed by atoms with E-state index in [0.29, 0.717) is 33.9 Å². The molecule has 0 radical (unpaired) electrons. The Balaban J connectivity index is 1.61. The minimum Gasteiger partial charge on any atom is -0.507 e. The molecule has 0 saturated carbocycles. The summed E-state index contributed by atoms with van der Waals surface area (Å²) in [5.74, 6) is 0.499. The molecule has 154 valence electrons. The number of hydrogen-bond donors (Lipinski definition) is 2. The molecule has 1 aliphatic rings. The maximum Gasteiger partial charge on any atom is 0.261 e. The van der Waals surface area contributed by atoms with Gasteiger partial charge in [-0.1, -0.05) is 0 Å². The van der Waals surface area contributed by atoms with E-state index in [4.69, 9.17) is 0 Å². The van der Waals surface area contributed by atoms with Crippen LogP contribution in [-0.2, 0) is 7.05 Å². The van der Waals surface area contributed by atoms with Crippen molar-refractivity contribution in [1.82, 2.24) is 29.6 Å². The molecule has 0 spiro atoms. The Bertz CT molecular complexity index is 1340. The summed E-state index contributed by atoms with van der Waals surface area (Å²) in [6, 6.07) is 4.26. The number of phenolic OH excluding ortho intramolecular Hbond substituents is 1. The van der Waals surface area contributed by atoms with Crippen LogP contribution in [0.25, 0.3) is 33.2 Å². The molecule has 30 heavy (non-hydrogen) atoms. The molecule has 1 saturated heterocycles. The molecular formula is C22H24N6O2. The maximum absolute atomic E-state index is 13.1. The Kier molecular flexibility index (Phi) is 4.32. The normalized spacial score (nSPS) is 19.6. The number of benzene rings is 1. The fourth-order valence-electron chi connectivity index (χ4n) is 4.43. The summed E-state index contributed by atoms with van der Waals surface area (Å²) in [4.78, 5) is 22.1. The van der Waals surface area contributed by atoms with Gasteiger partial charge in [-0.25, -0.2) is 9.97 Å². The topological polar surface area (TPSA) is 97.9 Å². The summed E-state index contributed by atoms with van der Waals surface area (Å²) in [5.41, 5.74) is 2.47. The number of phenols is 1.